The monoisotopic (exact) mass is 354 g/mol. The molecule has 0 radical (unpaired) electrons. The zero-order valence-corrected chi connectivity index (χ0v) is 15.7. The molecule has 1 aromatic rings. The van der Waals surface area contributed by atoms with Crippen molar-refractivity contribution < 1.29 is 9.59 Å². The number of nitrogens with zero attached hydrogens (tertiary/aromatic N) is 2. The van der Waals surface area contributed by atoms with E-state index in [1.807, 2.05) is 9.80 Å². The molecule has 3 aliphatic rings. The van der Waals surface area contributed by atoms with Crippen molar-refractivity contribution in [1.82, 2.24) is 9.80 Å². The van der Waals surface area contributed by atoms with Crippen LogP contribution in [0.25, 0.3) is 0 Å². The first-order valence-corrected chi connectivity index (χ1v) is 10.4. The van der Waals surface area contributed by atoms with Crippen LogP contribution in [-0.4, -0.2) is 47.3 Å². The number of piperidine rings is 1. The van der Waals surface area contributed by atoms with Crippen LogP contribution in [0.1, 0.15) is 56.1 Å². The first kappa shape index (κ1) is 17.6. The fourth-order valence-electron chi connectivity index (χ4n) is 4.95. The predicted octanol–water partition coefficient (Wildman–Crippen LogP) is 3.19. The van der Waals surface area contributed by atoms with Crippen molar-refractivity contribution in [2.24, 2.45) is 5.92 Å². The zero-order valence-electron chi connectivity index (χ0n) is 15.7. The van der Waals surface area contributed by atoms with Crippen LogP contribution in [0.3, 0.4) is 0 Å². The molecule has 4 nitrogen and oxygen atoms in total. The molecule has 1 aliphatic carbocycles. The summed E-state index contributed by atoms with van der Waals surface area (Å²) in [7, 11) is 0. The van der Waals surface area contributed by atoms with E-state index in [0.29, 0.717) is 12.3 Å². The lowest BCUT2D eigenvalue weighted by Crippen LogP contribution is -2.52. The molecule has 0 N–H and O–H groups in total. The molecule has 4 rings (SSSR count). The summed E-state index contributed by atoms with van der Waals surface area (Å²) in [4.78, 5) is 29.9. The van der Waals surface area contributed by atoms with Crippen LogP contribution in [0.2, 0.25) is 0 Å². The van der Waals surface area contributed by atoms with E-state index in [1.165, 1.54) is 11.1 Å². The molecule has 2 unspecified atom stereocenters. The van der Waals surface area contributed by atoms with Crippen molar-refractivity contribution in [2.75, 3.05) is 19.6 Å². The summed E-state index contributed by atoms with van der Waals surface area (Å²) in [5.74, 6) is 0.818. The van der Waals surface area contributed by atoms with E-state index in [-0.39, 0.29) is 17.9 Å². The van der Waals surface area contributed by atoms with Gasteiger partial charge in [0, 0.05) is 26.1 Å². The highest BCUT2D eigenvalue weighted by Crippen LogP contribution is 2.29. The quantitative estimate of drug-likeness (QED) is 0.836. The Kier molecular flexibility index (Phi) is 5.28. The number of hydrogen-bond donors (Lipinski definition) is 0. The maximum absolute atomic E-state index is 13.1. The van der Waals surface area contributed by atoms with E-state index in [2.05, 4.69) is 24.3 Å². The second kappa shape index (κ2) is 7.81. The number of amides is 2. The fourth-order valence-corrected chi connectivity index (χ4v) is 4.95. The third kappa shape index (κ3) is 3.65. The Morgan fingerprint density at radius 3 is 2.46 bits per heavy atom. The molecule has 0 saturated carbocycles. The molecule has 2 amide bonds. The lowest BCUT2D eigenvalue weighted by molar-refractivity contribution is -0.147. The molecule has 0 bridgehead atoms. The minimum atomic E-state index is -0.203. The Bertz CT molecular complexity index is 666. The number of rotatable bonds is 3. The standard InChI is InChI=1S/C22H30N2O2/c25-21(16-17-10-11-18-7-1-2-8-19(18)15-17)24-14-4-3-9-20(24)22(26)23-12-5-6-13-23/h1-2,7-8,17,20H,3-6,9-16H2. The van der Waals surface area contributed by atoms with Gasteiger partial charge in [-0.15, -0.1) is 0 Å². The lowest BCUT2D eigenvalue weighted by Gasteiger charge is -2.38. The highest BCUT2D eigenvalue weighted by molar-refractivity contribution is 5.88. The molecule has 2 aliphatic heterocycles. The number of benzene rings is 1. The second-order valence-corrected chi connectivity index (χ2v) is 8.21. The molecule has 1 aromatic carbocycles. The maximum atomic E-state index is 13.1. The van der Waals surface area contributed by atoms with Gasteiger partial charge in [-0.1, -0.05) is 24.3 Å². The lowest BCUT2D eigenvalue weighted by atomic mass is 9.82. The topological polar surface area (TPSA) is 40.6 Å². The van der Waals surface area contributed by atoms with Gasteiger partial charge in [0.2, 0.25) is 11.8 Å². The van der Waals surface area contributed by atoms with E-state index in [1.54, 1.807) is 0 Å². The van der Waals surface area contributed by atoms with Crippen molar-refractivity contribution in [3.63, 3.8) is 0 Å². The van der Waals surface area contributed by atoms with Gasteiger partial charge in [0.25, 0.3) is 0 Å². The molecule has 2 heterocycles. The Balaban J connectivity index is 1.40. The van der Waals surface area contributed by atoms with Gasteiger partial charge < -0.3 is 9.80 Å². The van der Waals surface area contributed by atoms with Gasteiger partial charge in [-0.2, -0.15) is 0 Å². The van der Waals surface area contributed by atoms with Crippen LogP contribution in [0.5, 0.6) is 0 Å². The minimum Gasteiger partial charge on any atom is -0.341 e. The van der Waals surface area contributed by atoms with Gasteiger partial charge >= 0.3 is 0 Å². The van der Waals surface area contributed by atoms with E-state index in [9.17, 15) is 9.59 Å². The molecule has 0 aromatic heterocycles. The third-order valence-electron chi connectivity index (χ3n) is 6.44. The molecule has 2 atom stereocenters. The van der Waals surface area contributed by atoms with Crippen LogP contribution >= 0.6 is 0 Å². The van der Waals surface area contributed by atoms with Gasteiger partial charge in [-0.25, -0.2) is 0 Å². The summed E-state index contributed by atoms with van der Waals surface area (Å²) in [6.07, 6.45) is 8.90. The smallest absolute Gasteiger partial charge is 0.245 e. The summed E-state index contributed by atoms with van der Waals surface area (Å²) < 4.78 is 0. The van der Waals surface area contributed by atoms with Gasteiger partial charge in [-0.3, -0.25) is 9.59 Å². The molecule has 2 fully saturated rings. The van der Waals surface area contributed by atoms with Gasteiger partial charge in [0.05, 0.1) is 0 Å². The van der Waals surface area contributed by atoms with Crippen molar-refractivity contribution in [3.05, 3.63) is 35.4 Å². The van der Waals surface area contributed by atoms with Crippen molar-refractivity contribution in [1.29, 1.82) is 0 Å². The van der Waals surface area contributed by atoms with Crippen LogP contribution in [-0.2, 0) is 22.4 Å². The number of hydrogen-bond acceptors (Lipinski definition) is 2. The van der Waals surface area contributed by atoms with Crippen molar-refractivity contribution in [2.45, 2.75) is 63.8 Å². The summed E-state index contributed by atoms with van der Waals surface area (Å²) in [5.41, 5.74) is 2.84. The predicted molar refractivity (Wildman–Crippen MR) is 102 cm³/mol. The molecule has 26 heavy (non-hydrogen) atoms. The normalized spacial score (nSPS) is 25.8. The summed E-state index contributed by atoms with van der Waals surface area (Å²) in [6, 6.07) is 8.41. The van der Waals surface area contributed by atoms with Crippen LogP contribution in [0.15, 0.2) is 24.3 Å². The average Bonchev–Trinajstić information content (AvgIpc) is 3.22. The number of likely N-dealkylation sites (tertiary alicyclic amines) is 2. The summed E-state index contributed by atoms with van der Waals surface area (Å²) >= 11 is 0. The Hall–Kier alpha value is -1.84. The van der Waals surface area contributed by atoms with E-state index in [0.717, 1.165) is 71.0 Å². The number of carbonyl (C=O) groups excluding carboxylic acids is 2. The Labute approximate surface area is 156 Å². The van der Waals surface area contributed by atoms with E-state index >= 15 is 0 Å². The minimum absolute atomic E-state index is 0.199. The first-order chi connectivity index (χ1) is 12.7. The van der Waals surface area contributed by atoms with Crippen LogP contribution < -0.4 is 0 Å². The summed E-state index contributed by atoms with van der Waals surface area (Å²) in [5, 5.41) is 0. The van der Waals surface area contributed by atoms with E-state index < -0.39 is 0 Å². The highest BCUT2D eigenvalue weighted by atomic mass is 16.2. The first-order valence-electron chi connectivity index (χ1n) is 10.4. The highest BCUT2D eigenvalue weighted by Gasteiger charge is 2.36. The zero-order chi connectivity index (χ0) is 17.9. The SMILES string of the molecule is O=C(C1CCCCN1C(=O)CC1CCc2ccccc2C1)N1CCCC1. The van der Waals surface area contributed by atoms with Crippen molar-refractivity contribution >= 4 is 11.8 Å². The molecule has 2 saturated heterocycles. The second-order valence-electron chi connectivity index (χ2n) is 8.21. The maximum Gasteiger partial charge on any atom is 0.245 e. The molecule has 4 heteroatoms. The Morgan fingerprint density at radius 2 is 1.65 bits per heavy atom. The fraction of sp³-hybridized carbons (Fsp3) is 0.636. The third-order valence-corrected chi connectivity index (χ3v) is 6.44. The number of aryl methyl sites for hydroxylation is 1. The molecule has 0 spiro atoms. The van der Waals surface area contributed by atoms with Crippen LogP contribution in [0.4, 0.5) is 0 Å². The largest absolute Gasteiger partial charge is 0.341 e. The number of fused-ring (bicyclic) bond motifs is 1. The van der Waals surface area contributed by atoms with Gasteiger partial charge in [0.15, 0.2) is 0 Å². The Morgan fingerprint density at radius 1 is 0.923 bits per heavy atom. The molecule has 140 valence electrons. The summed E-state index contributed by atoms with van der Waals surface area (Å²) in [6.45, 7) is 2.50. The van der Waals surface area contributed by atoms with E-state index in [4.69, 9.17) is 0 Å². The van der Waals surface area contributed by atoms with Gasteiger partial charge in [0.1, 0.15) is 6.04 Å². The van der Waals surface area contributed by atoms with Gasteiger partial charge in [-0.05, 0) is 68.4 Å². The van der Waals surface area contributed by atoms with Crippen LogP contribution in [0, 0.1) is 5.92 Å². The molecular weight excluding hydrogens is 324 g/mol. The molecular formula is C22H30N2O2. The number of carbonyl (C=O) groups is 2. The average molecular weight is 354 g/mol. The van der Waals surface area contributed by atoms with Crippen molar-refractivity contribution in [3.8, 4) is 0 Å².